The van der Waals surface area contributed by atoms with Gasteiger partial charge in [-0.3, -0.25) is 4.55 Å². The SMILES string of the molecule is O=S(=O)(O)c1ccc(OCCO)cc1.[Na]. The van der Waals surface area contributed by atoms with E-state index in [1.807, 2.05) is 0 Å². The van der Waals surface area contributed by atoms with Crippen LogP contribution in [0.1, 0.15) is 0 Å². The van der Waals surface area contributed by atoms with Gasteiger partial charge in [0.15, 0.2) is 0 Å². The van der Waals surface area contributed by atoms with E-state index in [9.17, 15) is 8.42 Å². The Labute approximate surface area is 110 Å². The van der Waals surface area contributed by atoms with Crippen molar-refractivity contribution in [1.29, 1.82) is 0 Å². The number of hydrogen-bond donors (Lipinski definition) is 2. The van der Waals surface area contributed by atoms with Gasteiger partial charge in [-0.25, -0.2) is 0 Å². The molecule has 0 saturated heterocycles. The minimum Gasteiger partial charge on any atom is -0.491 e. The summed E-state index contributed by atoms with van der Waals surface area (Å²) in [7, 11) is -4.15. The summed E-state index contributed by atoms with van der Waals surface area (Å²) in [6.45, 7) is 0.0330. The molecular formula is C8H10NaO5S. The number of aliphatic hydroxyl groups is 1. The van der Waals surface area contributed by atoms with E-state index in [1.165, 1.54) is 24.3 Å². The van der Waals surface area contributed by atoms with Crippen LogP contribution in [0.5, 0.6) is 5.75 Å². The molecule has 0 saturated carbocycles. The molecule has 5 nitrogen and oxygen atoms in total. The first-order valence-corrected chi connectivity index (χ1v) is 5.29. The summed E-state index contributed by atoms with van der Waals surface area (Å²) in [5, 5.41) is 8.45. The van der Waals surface area contributed by atoms with Crippen LogP contribution in [0.4, 0.5) is 0 Å². The Kier molecular flexibility index (Phi) is 6.42. The van der Waals surface area contributed by atoms with Crippen molar-refractivity contribution < 1.29 is 22.8 Å². The molecule has 0 aliphatic carbocycles. The normalized spacial score (nSPS) is 10.5. The van der Waals surface area contributed by atoms with Gasteiger partial charge in [0.05, 0.1) is 11.5 Å². The fourth-order valence-corrected chi connectivity index (χ4v) is 1.35. The molecule has 0 amide bonds. The molecule has 0 bridgehead atoms. The van der Waals surface area contributed by atoms with Gasteiger partial charge in [-0.2, -0.15) is 8.42 Å². The Bertz CT molecular complexity index is 386. The molecule has 1 radical (unpaired) electrons. The Morgan fingerprint density at radius 3 is 2.13 bits per heavy atom. The second kappa shape index (κ2) is 6.47. The van der Waals surface area contributed by atoms with Gasteiger partial charge in [-0.15, -0.1) is 0 Å². The standard InChI is InChI=1S/C8H10O5S.Na/c9-5-6-13-7-1-3-8(4-2-7)14(10,11)12;/h1-4,9H,5-6H2,(H,10,11,12);. The molecule has 15 heavy (non-hydrogen) atoms. The van der Waals surface area contributed by atoms with Gasteiger partial charge in [0.25, 0.3) is 10.1 Å². The quantitative estimate of drug-likeness (QED) is 0.569. The van der Waals surface area contributed by atoms with Crippen LogP contribution >= 0.6 is 0 Å². The zero-order chi connectivity index (χ0) is 10.6. The first-order chi connectivity index (χ1) is 6.54. The minimum absolute atomic E-state index is 0. The zero-order valence-corrected chi connectivity index (χ0v) is 11.1. The van der Waals surface area contributed by atoms with Crippen molar-refractivity contribution in [2.24, 2.45) is 0 Å². The van der Waals surface area contributed by atoms with E-state index in [0.29, 0.717) is 5.75 Å². The van der Waals surface area contributed by atoms with Crippen molar-refractivity contribution in [2.45, 2.75) is 4.90 Å². The van der Waals surface area contributed by atoms with Crippen LogP contribution in [0.15, 0.2) is 29.2 Å². The summed E-state index contributed by atoms with van der Waals surface area (Å²) < 4.78 is 34.9. The largest absolute Gasteiger partial charge is 0.491 e. The average molecular weight is 241 g/mol. The van der Waals surface area contributed by atoms with Crippen molar-refractivity contribution in [1.82, 2.24) is 0 Å². The van der Waals surface area contributed by atoms with Crippen LogP contribution in [-0.2, 0) is 10.1 Å². The van der Waals surface area contributed by atoms with Crippen molar-refractivity contribution in [3.63, 3.8) is 0 Å². The van der Waals surface area contributed by atoms with Gasteiger partial charge in [0, 0.05) is 29.6 Å². The topological polar surface area (TPSA) is 83.8 Å². The maximum atomic E-state index is 10.6. The van der Waals surface area contributed by atoms with Crippen molar-refractivity contribution in [3.8, 4) is 5.75 Å². The molecule has 7 heteroatoms. The van der Waals surface area contributed by atoms with E-state index in [-0.39, 0.29) is 47.7 Å². The third kappa shape index (κ3) is 4.96. The first-order valence-electron chi connectivity index (χ1n) is 3.85. The van der Waals surface area contributed by atoms with Gasteiger partial charge in [-0.05, 0) is 24.3 Å². The predicted octanol–water partition coefficient (Wildman–Crippen LogP) is -0.0764. The molecule has 2 N–H and O–H groups in total. The molecule has 0 unspecified atom stereocenters. The van der Waals surface area contributed by atoms with Crippen LogP contribution in [0.25, 0.3) is 0 Å². The van der Waals surface area contributed by atoms with Crippen molar-refractivity contribution >= 4 is 39.7 Å². The molecule has 0 fully saturated rings. The fraction of sp³-hybridized carbons (Fsp3) is 0.250. The van der Waals surface area contributed by atoms with E-state index in [4.69, 9.17) is 14.4 Å². The number of benzene rings is 1. The minimum atomic E-state index is -4.15. The number of rotatable bonds is 4. The molecule has 0 aromatic heterocycles. The molecule has 79 valence electrons. The summed E-state index contributed by atoms with van der Waals surface area (Å²) >= 11 is 0. The fourth-order valence-electron chi connectivity index (χ4n) is 0.871. The average Bonchev–Trinajstić information content (AvgIpc) is 2.14. The number of aliphatic hydroxyl groups excluding tert-OH is 1. The van der Waals surface area contributed by atoms with E-state index in [0.717, 1.165) is 0 Å². The maximum Gasteiger partial charge on any atom is 0.294 e. The van der Waals surface area contributed by atoms with Crippen LogP contribution in [-0.4, -0.2) is 60.8 Å². The monoisotopic (exact) mass is 241 g/mol. The second-order valence-corrected chi connectivity index (χ2v) is 3.94. The van der Waals surface area contributed by atoms with Crippen molar-refractivity contribution in [3.05, 3.63) is 24.3 Å². The van der Waals surface area contributed by atoms with Gasteiger partial charge < -0.3 is 9.84 Å². The third-order valence-electron chi connectivity index (χ3n) is 1.48. The molecule has 0 heterocycles. The molecule has 0 aliphatic rings. The maximum absolute atomic E-state index is 10.6. The molecule has 1 aromatic rings. The summed E-state index contributed by atoms with van der Waals surface area (Å²) in [4.78, 5) is -0.186. The third-order valence-corrected chi connectivity index (χ3v) is 2.35. The summed E-state index contributed by atoms with van der Waals surface area (Å²) in [5.74, 6) is 0.437. The van der Waals surface area contributed by atoms with Crippen LogP contribution < -0.4 is 4.74 Å². The van der Waals surface area contributed by atoms with E-state index >= 15 is 0 Å². The summed E-state index contributed by atoms with van der Waals surface area (Å²) in [5.41, 5.74) is 0. The molecule has 1 aromatic carbocycles. The van der Waals surface area contributed by atoms with E-state index < -0.39 is 10.1 Å². The Hall–Kier alpha value is -0.110. The smallest absolute Gasteiger partial charge is 0.294 e. The molecule has 0 aliphatic heterocycles. The van der Waals surface area contributed by atoms with Gasteiger partial charge in [0.2, 0.25) is 0 Å². The number of ether oxygens (including phenoxy) is 1. The molecule has 0 spiro atoms. The summed E-state index contributed by atoms with van der Waals surface area (Å²) in [6.07, 6.45) is 0. The first kappa shape index (κ1) is 14.9. The van der Waals surface area contributed by atoms with Crippen LogP contribution in [0.2, 0.25) is 0 Å². The predicted molar refractivity (Wildman–Crippen MR) is 54.6 cm³/mol. The van der Waals surface area contributed by atoms with E-state index in [1.54, 1.807) is 0 Å². The molecular weight excluding hydrogens is 231 g/mol. The van der Waals surface area contributed by atoms with E-state index in [2.05, 4.69) is 0 Å². The second-order valence-electron chi connectivity index (χ2n) is 2.52. The Balaban J connectivity index is 0.00000196. The Morgan fingerprint density at radius 1 is 1.20 bits per heavy atom. The zero-order valence-electron chi connectivity index (χ0n) is 8.25. The van der Waals surface area contributed by atoms with Crippen molar-refractivity contribution in [2.75, 3.05) is 13.2 Å². The van der Waals surface area contributed by atoms with Gasteiger partial charge in [0.1, 0.15) is 12.4 Å². The molecule has 0 atom stereocenters. The Morgan fingerprint density at radius 2 is 1.73 bits per heavy atom. The van der Waals surface area contributed by atoms with Crippen LogP contribution in [0, 0.1) is 0 Å². The van der Waals surface area contributed by atoms with Gasteiger partial charge in [-0.1, -0.05) is 0 Å². The summed E-state index contributed by atoms with van der Waals surface area (Å²) in [6, 6.07) is 5.25. The van der Waals surface area contributed by atoms with Crippen LogP contribution in [0.3, 0.4) is 0 Å². The molecule has 1 rings (SSSR count). The van der Waals surface area contributed by atoms with Gasteiger partial charge >= 0.3 is 0 Å². The number of hydrogen-bond acceptors (Lipinski definition) is 4.